The van der Waals surface area contributed by atoms with Gasteiger partial charge in [-0.05, 0) is 26.4 Å². The normalized spacial score (nSPS) is 21.9. The topological polar surface area (TPSA) is 66.1 Å². The van der Waals surface area contributed by atoms with Gasteiger partial charge in [-0.2, -0.15) is 0 Å². The number of hydrogen-bond acceptors (Lipinski definition) is 4. The number of aliphatic imine (C=N–C) groups is 1. The molecular formula is C11H25N5O. The van der Waals surface area contributed by atoms with E-state index in [1.165, 1.54) is 19.4 Å². The van der Waals surface area contributed by atoms with Gasteiger partial charge in [0, 0.05) is 26.7 Å². The highest BCUT2D eigenvalue weighted by molar-refractivity contribution is 5.79. The van der Waals surface area contributed by atoms with E-state index in [4.69, 9.17) is 10.6 Å². The third-order valence-corrected chi connectivity index (χ3v) is 3.20. The molecule has 1 fully saturated rings. The fourth-order valence-electron chi connectivity index (χ4n) is 2.13. The van der Waals surface area contributed by atoms with Crippen molar-refractivity contribution in [2.24, 2.45) is 10.8 Å². The molecule has 0 aliphatic carbocycles. The van der Waals surface area contributed by atoms with E-state index in [0.29, 0.717) is 19.2 Å². The summed E-state index contributed by atoms with van der Waals surface area (Å²) in [5.74, 6) is 6.21. The van der Waals surface area contributed by atoms with Crippen LogP contribution in [-0.2, 0) is 4.74 Å². The van der Waals surface area contributed by atoms with E-state index in [1.807, 2.05) is 7.05 Å². The lowest BCUT2D eigenvalue weighted by Crippen LogP contribution is -2.47. The van der Waals surface area contributed by atoms with Crippen molar-refractivity contribution in [3.05, 3.63) is 0 Å². The Labute approximate surface area is 104 Å². The fourth-order valence-corrected chi connectivity index (χ4v) is 2.13. The van der Waals surface area contributed by atoms with Gasteiger partial charge in [-0.3, -0.25) is 5.43 Å². The summed E-state index contributed by atoms with van der Waals surface area (Å²) in [4.78, 5) is 8.82. The van der Waals surface area contributed by atoms with E-state index in [1.54, 1.807) is 7.11 Å². The minimum atomic E-state index is 0.598. The summed E-state index contributed by atoms with van der Waals surface area (Å²) in [6, 6.07) is 0.598. The van der Waals surface area contributed by atoms with Crippen molar-refractivity contribution in [3.8, 4) is 0 Å². The highest BCUT2D eigenvalue weighted by Crippen LogP contribution is 2.15. The quantitative estimate of drug-likeness (QED) is 0.224. The second-order valence-corrected chi connectivity index (χ2v) is 4.50. The molecule has 100 valence electrons. The summed E-state index contributed by atoms with van der Waals surface area (Å²) in [7, 11) is 5.85. The van der Waals surface area contributed by atoms with Crippen LogP contribution in [0.1, 0.15) is 12.8 Å². The molecule has 0 amide bonds. The van der Waals surface area contributed by atoms with Crippen LogP contribution < -0.4 is 11.3 Å². The number of nitrogens with zero attached hydrogens (tertiary/aromatic N) is 3. The van der Waals surface area contributed by atoms with Crippen LogP contribution in [0.2, 0.25) is 0 Å². The molecule has 3 N–H and O–H groups in total. The molecule has 1 unspecified atom stereocenters. The van der Waals surface area contributed by atoms with Crippen LogP contribution in [0.3, 0.4) is 0 Å². The molecule has 1 saturated heterocycles. The van der Waals surface area contributed by atoms with Gasteiger partial charge in [0.1, 0.15) is 0 Å². The van der Waals surface area contributed by atoms with Crippen LogP contribution in [-0.4, -0.2) is 69.2 Å². The first kappa shape index (κ1) is 14.2. The molecule has 0 aromatic carbocycles. The molecule has 0 aromatic heterocycles. The number of nitrogens with one attached hydrogen (secondary N) is 1. The average molecular weight is 243 g/mol. The number of rotatable bonds is 5. The summed E-state index contributed by atoms with van der Waals surface area (Å²) in [6.45, 7) is 3.38. The van der Waals surface area contributed by atoms with Gasteiger partial charge in [0.25, 0.3) is 0 Å². The van der Waals surface area contributed by atoms with Crippen molar-refractivity contribution in [1.29, 1.82) is 0 Å². The van der Waals surface area contributed by atoms with Crippen molar-refractivity contribution in [2.75, 3.05) is 47.4 Å². The molecule has 0 spiro atoms. The first-order chi connectivity index (χ1) is 8.19. The summed E-state index contributed by atoms with van der Waals surface area (Å²) in [5.41, 5.74) is 2.65. The molecule has 0 bridgehead atoms. The van der Waals surface area contributed by atoms with E-state index < -0.39 is 0 Å². The molecule has 6 nitrogen and oxygen atoms in total. The van der Waals surface area contributed by atoms with Crippen LogP contribution in [0.25, 0.3) is 0 Å². The first-order valence-corrected chi connectivity index (χ1v) is 6.10. The van der Waals surface area contributed by atoms with Gasteiger partial charge in [0.2, 0.25) is 5.96 Å². The molecule has 1 rings (SSSR count). The first-order valence-electron chi connectivity index (χ1n) is 6.10. The second-order valence-electron chi connectivity index (χ2n) is 4.50. The summed E-state index contributed by atoms with van der Waals surface area (Å²) in [6.07, 6.45) is 2.53. The molecule has 17 heavy (non-hydrogen) atoms. The molecule has 1 aliphatic heterocycles. The molecule has 1 atom stereocenters. The predicted octanol–water partition coefficient (Wildman–Crippen LogP) is -0.522. The molecule has 0 radical (unpaired) electrons. The van der Waals surface area contributed by atoms with E-state index in [9.17, 15) is 0 Å². The maximum Gasteiger partial charge on any atom is 0.208 e. The van der Waals surface area contributed by atoms with Crippen LogP contribution >= 0.6 is 0 Å². The Hall–Kier alpha value is -0.850. The molecule has 6 heteroatoms. The van der Waals surface area contributed by atoms with Gasteiger partial charge in [0.15, 0.2) is 0 Å². The Balaban J connectivity index is 2.42. The average Bonchev–Trinajstić information content (AvgIpc) is 2.70. The summed E-state index contributed by atoms with van der Waals surface area (Å²) < 4.78 is 4.96. The maximum atomic E-state index is 5.49. The number of methoxy groups -OCH3 is 1. The Bertz CT molecular complexity index is 246. The number of nitrogens with two attached hydrogens (primary N) is 1. The van der Waals surface area contributed by atoms with E-state index in [0.717, 1.165) is 12.5 Å². The predicted molar refractivity (Wildman–Crippen MR) is 69.8 cm³/mol. The minimum Gasteiger partial charge on any atom is -0.383 e. The minimum absolute atomic E-state index is 0.598. The van der Waals surface area contributed by atoms with Gasteiger partial charge in [0.05, 0.1) is 13.2 Å². The van der Waals surface area contributed by atoms with Gasteiger partial charge in [-0.1, -0.05) is 0 Å². The standard InChI is InChI=1S/C11H25N5O/c1-15-7-4-5-10(15)9-16(2)11(14-12)13-6-8-17-3/h10H,4-9,12H2,1-3H3,(H,13,14). The molecular weight excluding hydrogens is 218 g/mol. The van der Waals surface area contributed by atoms with Gasteiger partial charge in [-0.15, -0.1) is 0 Å². The Morgan fingerprint density at radius 1 is 1.65 bits per heavy atom. The van der Waals surface area contributed by atoms with Gasteiger partial charge < -0.3 is 14.5 Å². The highest BCUT2D eigenvalue weighted by atomic mass is 16.5. The number of likely N-dealkylation sites (tertiary alicyclic amines) is 1. The zero-order valence-corrected chi connectivity index (χ0v) is 11.1. The molecule has 1 aliphatic rings. The fraction of sp³-hybridized carbons (Fsp3) is 0.909. The lowest BCUT2D eigenvalue weighted by molar-refractivity contribution is 0.207. The van der Waals surface area contributed by atoms with Crippen LogP contribution in [0, 0.1) is 0 Å². The Kier molecular flexibility index (Phi) is 6.25. The number of guanidine groups is 1. The van der Waals surface area contributed by atoms with Gasteiger partial charge in [-0.25, -0.2) is 10.8 Å². The summed E-state index contributed by atoms with van der Waals surface area (Å²) >= 11 is 0. The van der Waals surface area contributed by atoms with Gasteiger partial charge >= 0.3 is 0 Å². The molecule has 0 saturated carbocycles. The number of hydrazine groups is 1. The van der Waals surface area contributed by atoms with Crippen molar-refractivity contribution in [3.63, 3.8) is 0 Å². The van der Waals surface area contributed by atoms with E-state index in [2.05, 4.69) is 27.3 Å². The smallest absolute Gasteiger partial charge is 0.208 e. The van der Waals surface area contributed by atoms with Crippen LogP contribution in [0.4, 0.5) is 0 Å². The maximum absolute atomic E-state index is 5.49. The van der Waals surface area contributed by atoms with Crippen LogP contribution in [0.15, 0.2) is 4.99 Å². The molecule has 1 heterocycles. The van der Waals surface area contributed by atoms with Crippen molar-refractivity contribution < 1.29 is 4.74 Å². The highest BCUT2D eigenvalue weighted by Gasteiger charge is 2.22. The number of hydrogen-bond donors (Lipinski definition) is 2. The van der Waals surface area contributed by atoms with Crippen molar-refractivity contribution >= 4 is 5.96 Å². The zero-order chi connectivity index (χ0) is 12.7. The van der Waals surface area contributed by atoms with Crippen LogP contribution in [0.5, 0.6) is 0 Å². The third kappa shape index (κ3) is 4.49. The Morgan fingerprint density at radius 2 is 2.41 bits per heavy atom. The zero-order valence-electron chi connectivity index (χ0n) is 11.1. The lowest BCUT2D eigenvalue weighted by atomic mass is 10.2. The van der Waals surface area contributed by atoms with Crippen molar-refractivity contribution in [2.45, 2.75) is 18.9 Å². The molecule has 0 aromatic rings. The lowest BCUT2D eigenvalue weighted by Gasteiger charge is -2.27. The number of likely N-dealkylation sites (N-methyl/N-ethyl adjacent to an activating group) is 2. The second kappa shape index (κ2) is 7.47. The number of ether oxygens (including phenoxy) is 1. The van der Waals surface area contributed by atoms with Crippen molar-refractivity contribution in [1.82, 2.24) is 15.2 Å². The largest absolute Gasteiger partial charge is 0.383 e. The summed E-state index contributed by atoms with van der Waals surface area (Å²) in [5, 5.41) is 0. The monoisotopic (exact) mass is 243 g/mol. The van der Waals surface area contributed by atoms with E-state index in [-0.39, 0.29) is 0 Å². The van der Waals surface area contributed by atoms with E-state index >= 15 is 0 Å². The Morgan fingerprint density at radius 3 is 2.94 bits per heavy atom. The third-order valence-electron chi connectivity index (χ3n) is 3.20. The SMILES string of the molecule is COCCN=C(NN)N(C)CC1CCCN1C.